The molecule has 1 aromatic heterocycles. The normalized spacial score (nSPS) is 17.8. The Hall–Kier alpha value is -1.94. The van der Waals surface area contributed by atoms with E-state index in [9.17, 15) is 23.1 Å². The van der Waals surface area contributed by atoms with Crippen molar-refractivity contribution in [3.63, 3.8) is 0 Å². The van der Waals surface area contributed by atoms with E-state index in [1.165, 1.54) is 9.21 Å². The molecule has 1 aromatic rings. The van der Waals surface area contributed by atoms with E-state index >= 15 is 0 Å². The number of carbonyl (C=O) groups is 2. The minimum absolute atomic E-state index is 0.00657. The summed E-state index contributed by atoms with van der Waals surface area (Å²) in [6, 6.07) is 1.19. The number of rotatable bonds is 7. The van der Waals surface area contributed by atoms with Gasteiger partial charge in [0.1, 0.15) is 6.54 Å². The number of aliphatic carboxylic acids is 1. The largest absolute Gasteiger partial charge is 0.480 e. The lowest BCUT2D eigenvalue weighted by molar-refractivity contribution is -0.138. The SMILES string of the molecule is CC[C@@H](C)c1cc(C(=O)N(CC(=O)O)C2CCN(S(C)(=O)=O)CC2)on1. The third-order valence-electron chi connectivity index (χ3n) is 4.76. The fraction of sp³-hybridized carbons (Fsp3) is 0.688. The van der Waals surface area contributed by atoms with Crippen molar-refractivity contribution in [3.05, 3.63) is 17.5 Å². The molecule has 10 heteroatoms. The lowest BCUT2D eigenvalue weighted by Gasteiger charge is -2.36. The van der Waals surface area contributed by atoms with E-state index in [0.29, 0.717) is 18.5 Å². The minimum atomic E-state index is -3.29. The standard InChI is InChI=1S/C16H25N3O6S/c1-4-11(2)13-9-14(25-17-13)16(22)19(10-15(20)21)12-5-7-18(8-6-12)26(3,23)24/h9,11-12H,4-8,10H2,1-3H3,(H,20,21)/t11-/m1/s1. The zero-order chi connectivity index (χ0) is 19.5. The molecule has 1 saturated heterocycles. The predicted molar refractivity (Wildman–Crippen MR) is 93.3 cm³/mol. The van der Waals surface area contributed by atoms with Gasteiger partial charge in [0, 0.05) is 31.1 Å². The Morgan fingerprint density at radius 1 is 1.42 bits per heavy atom. The van der Waals surface area contributed by atoms with Gasteiger partial charge in [0.05, 0.1) is 11.9 Å². The Bertz CT molecular complexity index is 752. The molecular weight excluding hydrogens is 362 g/mol. The lowest BCUT2D eigenvalue weighted by atomic mass is 10.0. The Kier molecular flexibility index (Phi) is 6.40. The average molecular weight is 387 g/mol. The highest BCUT2D eigenvalue weighted by molar-refractivity contribution is 7.88. The number of hydrogen-bond acceptors (Lipinski definition) is 6. The van der Waals surface area contributed by atoms with E-state index in [1.807, 2.05) is 13.8 Å². The molecule has 0 spiro atoms. The first-order valence-corrected chi connectivity index (χ1v) is 10.4. The summed E-state index contributed by atoms with van der Waals surface area (Å²) in [5.41, 5.74) is 0.651. The number of piperidine rings is 1. The van der Waals surface area contributed by atoms with Crippen molar-refractivity contribution in [1.29, 1.82) is 0 Å². The van der Waals surface area contributed by atoms with Gasteiger partial charge in [0.2, 0.25) is 15.8 Å². The van der Waals surface area contributed by atoms with Gasteiger partial charge in [-0.15, -0.1) is 0 Å². The minimum Gasteiger partial charge on any atom is -0.480 e. The van der Waals surface area contributed by atoms with Crippen LogP contribution in [0.1, 0.15) is 55.3 Å². The molecule has 1 fully saturated rings. The maximum atomic E-state index is 12.8. The monoisotopic (exact) mass is 387 g/mol. The molecule has 0 unspecified atom stereocenters. The topological polar surface area (TPSA) is 121 Å². The van der Waals surface area contributed by atoms with Crippen LogP contribution in [0, 0.1) is 0 Å². The molecular formula is C16H25N3O6S. The average Bonchev–Trinajstić information content (AvgIpc) is 3.07. The number of hydrogen-bond donors (Lipinski definition) is 1. The van der Waals surface area contributed by atoms with Crippen LogP contribution < -0.4 is 0 Å². The molecule has 26 heavy (non-hydrogen) atoms. The highest BCUT2D eigenvalue weighted by atomic mass is 32.2. The van der Waals surface area contributed by atoms with Crippen LogP contribution in [0.15, 0.2) is 10.6 Å². The van der Waals surface area contributed by atoms with Gasteiger partial charge in [-0.3, -0.25) is 9.59 Å². The van der Waals surface area contributed by atoms with Gasteiger partial charge in [-0.05, 0) is 19.3 Å². The van der Waals surface area contributed by atoms with Gasteiger partial charge >= 0.3 is 5.97 Å². The van der Waals surface area contributed by atoms with Crippen molar-refractivity contribution in [2.24, 2.45) is 0 Å². The van der Waals surface area contributed by atoms with Gasteiger partial charge in [0.25, 0.3) is 5.91 Å². The molecule has 0 radical (unpaired) electrons. The summed E-state index contributed by atoms with van der Waals surface area (Å²) in [7, 11) is -3.29. The Balaban J connectivity index is 2.16. The summed E-state index contributed by atoms with van der Waals surface area (Å²) in [6.45, 7) is 3.99. The zero-order valence-corrected chi connectivity index (χ0v) is 16.0. The first kappa shape index (κ1) is 20.4. The summed E-state index contributed by atoms with van der Waals surface area (Å²) in [4.78, 5) is 25.2. The summed E-state index contributed by atoms with van der Waals surface area (Å²) >= 11 is 0. The molecule has 0 bridgehead atoms. The van der Waals surface area contributed by atoms with Crippen LogP contribution in [0.25, 0.3) is 0 Å². The number of carboxylic acid groups (broad SMARTS) is 1. The number of carbonyl (C=O) groups excluding carboxylic acids is 1. The fourth-order valence-corrected chi connectivity index (χ4v) is 3.84. The molecule has 2 rings (SSSR count). The molecule has 1 amide bonds. The molecule has 1 N–H and O–H groups in total. The second-order valence-electron chi connectivity index (χ2n) is 6.65. The van der Waals surface area contributed by atoms with Gasteiger partial charge in [-0.1, -0.05) is 19.0 Å². The quantitative estimate of drug-likeness (QED) is 0.744. The van der Waals surface area contributed by atoms with E-state index in [2.05, 4.69) is 5.16 Å². The van der Waals surface area contributed by atoms with E-state index in [1.54, 1.807) is 6.07 Å². The van der Waals surface area contributed by atoms with Crippen molar-refractivity contribution in [2.75, 3.05) is 25.9 Å². The van der Waals surface area contributed by atoms with Crippen molar-refractivity contribution >= 4 is 21.9 Å². The molecule has 9 nitrogen and oxygen atoms in total. The van der Waals surface area contributed by atoms with E-state index in [0.717, 1.165) is 12.7 Å². The van der Waals surface area contributed by atoms with E-state index in [-0.39, 0.29) is 30.8 Å². The highest BCUT2D eigenvalue weighted by Crippen LogP contribution is 2.23. The van der Waals surface area contributed by atoms with Crippen LogP contribution >= 0.6 is 0 Å². The first-order chi connectivity index (χ1) is 12.1. The number of aromatic nitrogens is 1. The van der Waals surface area contributed by atoms with Crippen molar-refractivity contribution < 1.29 is 27.6 Å². The molecule has 2 heterocycles. The van der Waals surface area contributed by atoms with Gasteiger partial charge in [-0.25, -0.2) is 12.7 Å². The number of sulfonamides is 1. The first-order valence-electron chi connectivity index (χ1n) is 8.58. The van der Waals surface area contributed by atoms with E-state index in [4.69, 9.17) is 4.52 Å². The molecule has 1 aliphatic heterocycles. The molecule has 0 aliphatic carbocycles. The molecule has 1 atom stereocenters. The van der Waals surface area contributed by atoms with Crippen LogP contribution in [-0.2, 0) is 14.8 Å². The predicted octanol–water partition coefficient (Wildman–Crippen LogP) is 1.14. The summed E-state index contributed by atoms with van der Waals surface area (Å²) in [5, 5.41) is 13.1. The molecule has 0 aromatic carbocycles. The number of amides is 1. The number of nitrogens with zero attached hydrogens (tertiary/aromatic N) is 3. The second kappa shape index (κ2) is 8.17. The zero-order valence-electron chi connectivity index (χ0n) is 15.2. The van der Waals surface area contributed by atoms with Crippen LogP contribution in [-0.4, -0.2) is 71.7 Å². The van der Waals surface area contributed by atoms with Crippen molar-refractivity contribution in [3.8, 4) is 0 Å². The Labute approximate surface area is 153 Å². The highest BCUT2D eigenvalue weighted by Gasteiger charge is 2.34. The van der Waals surface area contributed by atoms with Gasteiger partial charge in [0.15, 0.2) is 0 Å². The molecule has 146 valence electrons. The van der Waals surface area contributed by atoms with Crippen LogP contribution in [0.3, 0.4) is 0 Å². The maximum Gasteiger partial charge on any atom is 0.323 e. The fourth-order valence-electron chi connectivity index (χ4n) is 2.97. The molecule has 0 saturated carbocycles. The van der Waals surface area contributed by atoms with Crippen molar-refractivity contribution in [2.45, 2.75) is 45.1 Å². The Morgan fingerprint density at radius 2 is 2.04 bits per heavy atom. The van der Waals surface area contributed by atoms with Crippen LogP contribution in [0.4, 0.5) is 0 Å². The lowest BCUT2D eigenvalue weighted by Crippen LogP contribution is -2.50. The maximum absolute atomic E-state index is 12.8. The third-order valence-corrected chi connectivity index (χ3v) is 6.06. The van der Waals surface area contributed by atoms with Gasteiger partial charge in [-0.2, -0.15) is 0 Å². The Morgan fingerprint density at radius 3 is 2.54 bits per heavy atom. The van der Waals surface area contributed by atoms with Crippen molar-refractivity contribution in [1.82, 2.24) is 14.4 Å². The van der Waals surface area contributed by atoms with Gasteiger partial charge < -0.3 is 14.5 Å². The third kappa shape index (κ3) is 4.82. The van der Waals surface area contributed by atoms with Crippen LogP contribution in [0.5, 0.6) is 0 Å². The number of carboxylic acids is 1. The second-order valence-corrected chi connectivity index (χ2v) is 8.63. The summed E-state index contributed by atoms with van der Waals surface area (Å²) < 4.78 is 29.7. The van der Waals surface area contributed by atoms with E-state index < -0.39 is 28.4 Å². The van der Waals surface area contributed by atoms with Crippen LogP contribution in [0.2, 0.25) is 0 Å². The summed E-state index contributed by atoms with van der Waals surface area (Å²) in [5.74, 6) is -1.53. The smallest absolute Gasteiger partial charge is 0.323 e. The summed E-state index contributed by atoms with van der Waals surface area (Å²) in [6.07, 6.45) is 2.72. The molecule has 1 aliphatic rings.